The quantitative estimate of drug-likeness (QED) is 0.613. The fourth-order valence-corrected chi connectivity index (χ4v) is 1.72. The number of nitrogens with zero attached hydrogens (tertiary/aromatic N) is 2. The van der Waals surface area contributed by atoms with E-state index in [1.165, 1.54) is 0 Å². The maximum Gasteiger partial charge on any atom is 0.394 e. The molecule has 0 fully saturated rings. The maximum atomic E-state index is 10.8. The molecule has 6 nitrogen and oxygen atoms in total. The first-order valence-electron chi connectivity index (χ1n) is 5.59. The molecule has 1 amide bonds. The van der Waals surface area contributed by atoms with Gasteiger partial charge in [-0.25, -0.2) is 9.78 Å². The molecule has 94 valence electrons. The summed E-state index contributed by atoms with van der Waals surface area (Å²) >= 11 is 0. The highest BCUT2D eigenvalue weighted by Gasteiger charge is 2.09. The number of aromatic nitrogens is 2. The topological polar surface area (TPSA) is 84.2 Å². The summed E-state index contributed by atoms with van der Waals surface area (Å²) in [6.07, 6.45) is 2.39. The van der Waals surface area contributed by atoms with Crippen molar-refractivity contribution in [3.63, 3.8) is 0 Å². The van der Waals surface area contributed by atoms with E-state index in [2.05, 4.69) is 10.3 Å². The number of aryl methyl sites for hydroxylation is 1. The van der Waals surface area contributed by atoms with Gasteiger partial charge in [0.1, 0.15) is 0 Å². The van der Waals surface area contributed by atoms with E-state index in [9.17, 15) is 9.59 Å². The van der Waals surface area contributed by atoms with Gasteiger partial charge in [0.05, 0.1) is 17.4 Å². The van der Waals surface area contributed by atoms with Crippen molar-refractivity contribution >= 4 is 22.9 Å². The van der Waals surface area contributed by atoms with Gasteiger partial charge in [-0.1, -0.05) is 12.1 Å². The highest BCUT2D eigenvalue weighted by molar-refractivity contribution is 6.31. The first-order chi connectivity index (χ1) is 8.68. The lowest BCUT2D eigenvalue weighted by molar-refractivity contribution is -0.150. The van der Waals surface area contributed by atoms with E-state index < -0.39 is 11.9 Å². The summed E-state index contributed by atoms with van der Waals surface area (Å²) in [7, 11) is 0. The number of benzene rings is 1. The number of carboxylic acid groups (broad SMARTS) is 1. The molecule has 0 unspecified atom stereocenters. The number of hydrogen-bond acceptors (Lipinski definition) is 3. The third kappa shape index (κ3) is 2.65. The van der Waals surface area contributed by atoms with Gasteiger partial charge in [0.15, 0.2) is 0 Å². The van der Waals surface area contributed by atoms with Crippen LogP contribution in [-0.4, -0.2) is 33.1 Å². The number of amides is 1. The standard InChI is InChI=1S/C12H13N3O3/c16-11(12(17)18)13-6-3-7-15-8-14-9-4-1-2-5-10(9)15/h1-2,4-5,8H,3,6-7H2,(H,13,16)(H,17,18). The van der Waals surface area contributed by atoms with Crippen molar-refractivity contribution in [3.8, 4) is 0 Å². The lowest BCUT2D eigenvalue weighted by Gasteiger charge is -2.04. The molecule has 0 saturated heterocycles. The number of fused-ring (bicyclic) bond motifs is 1. The van der Waals surface area contributed by atoms with Gasteiger partial charge in [0.25, 0.3) is 0 Å². The van der Waals surface area contributed by atoms with Crippen LogP contribution in [0.4, 0.5) is 0 Å². The summed E-state index contributed by atoms with van der Waals surface area (Å²) in [5.74, 6) is -2.42. The van der Waals surface area contributed by atoms with Crippen LogP contribution >= 0.6 is 0 Å². The number of imidazole rings is 1. The average Bonchev–Trinajstić information content (AvgIpc) is 2.77. The highest BCUT2D eigenvalue weighted by atomic mass is 16.4. The Morgan fingerprint density at radius 1 is 1.33 bits per heavy atom. The van der Waals surface area contributed by atoms with Crippen LogP contribution in [-0.2, 0) is 16.1 Å². The van der Waals surface area contributed by atoms with E-state index in [0.717, 1.165) is 11.0 Å². The zero-order chi connectivity index (χ0) is 13.0. The lowest BCUT2D eigenvalue weighted by Crippen LogP contribution is -2.31. The molecule has 2 rings (SSSR count). The second-order valence-electron chi connectivity index (χ2n) is 3.84. The van der Waals surface area contributed by atoms with Gasteiger partial charge in [-0.15, -0.1) is 0 Å². The highest BCUT2D eigenvalue weighted by Crippen LogP contribution is 2.11. The van der Waals surface area contributed by atoms with E-state index in [4.69, 9.17) is 5.11 Å². The number of nitrogens with one attached hydrogen (secondary N) is 1. The van der Waals surface area contributed by atoms with Crippen LogP contribution < -0.4 is 5.32 Å². The molecule has 2 N–H and O–H groups in total. The zero-order valence-electron chi connectivity index (χ0n) is 9.67. The maximum absolute atomic E-state index is 10.8. The monoisotopic (exact) mass is 247 g/mol. The fraction of sp³-hybridized carbons (Fsp3) is 0.250. The summed E-state index contributed by atoms with van der Waals surface area (Å²) in [6.45, 7) is 1.01. The molecule has 0 bridgehead atoms. The SMILES string of the molecule is O=C(O)C(=O)NCCCn1cnc2ccccc21. The van der Waals surface area contributed by atoms with Gasteiger partial charge < -0.3 is 15.0 Å². The van der Waals surface area contributed by atoms with Crippen LogP contribution in [0.1, 0.15) is 6.42 Å². The summed E-state index contributed by atoms with van der Waals surface area (Å²) in [5, 5.41) is 10.7. The Hall–Kier alpha value is -2.37. The molecule has 0 atom stereocenters. The van der Waals surface area contributed by atoms with E-state index in [1.807, 2.05) is 28.8 Å². The molecule has 0 saturated carbocycles. The number of rotatable bonds is 4. The van der Waals surface area contributed by atoms with Crippen LogP contribution in [0.25, 0.3) is 11.0 Å². The zero-order valence-corrected chi connectivity index (χ0v) is 9.67. The molecule has 18 heavy (non-hydrogen) atoms. The third-order valence-corrected chi connectivity index (χ3v) is 2.58. The minimum absolute atomic E-state index is 0.331. The third-order valence-electron chi connectivity index (χ3n) is 2.58. The number of para-hydroxylation sites is 2. The summed E-state index contributed by atoms with van der Waals surface area (Å²) < 4.78 is 1.97. The normalized spacial score (nSPS) is 10.4. The first-order valence-corrected chi connectivity index (χ1v) is 5.59. The molecule has 0 radical (unpaired) electrons. The van der Waals surface area contributed by atoms with Crippen LogP contribution in [0.5, 0.6) is 0 Å². The first kappa shape index (κ1) is 12.1. The van der Waals surface area contributed by atoms with E-state index in [-0.39, 0.29) is 0 Å². The average molecular weight is 247 g/mol. The van der Waals surface area contributed by atoms with Crippen molar-refractivity contribution in [3.05, 3.63) is 30.6 Å². The smallest absolute Gasteiger partial charge is 0.394 e. The summed E-state index contributed by atoms with van der Waals surface area (Å²) in [6, 6.07) is 7.76. The Kier molecular flexibility index (Phi) is 3.57. The molecular formula is C12H13N3O3. The van der Waals surface area contributed by atoms with Crippen molar-refractivity contribution in [1.29, 1.82) is 0 Å². The Balaban J connectivity index is 1.87. The fourth-order valence-electron chi connectivity index (χ4n) is 1.72. The molecule has 1 aromatic carbocycles. The van der Waals surface area contributed by atoms with Crippen molar-refractivity contribution in [1.82, 2.24) is 14.9 Å². The molecule has 0 spiro atoms. The van der Waals surface area contributed by atoms with Gasteiger partial charge in [-0.3, -0.25) is 4.79 Å². The molecule has 0 aliphatic heterocycles. The Morgan fingerprint density at radius 3 is 2.89 bits per heavy atom. The Labute approximate surface area is 103 Å². The van der Waals surface area contributed by atoms with Gasteiger partial charge in [0.2, 0.25) is 0 Å². The Bertz CT molecular complexity index is 577. The molecule has 0 aliphatic carbocycles. The number of carbonyl (C=O) groups is 2. The number of carboxylic acids is 1. The van der Waals surface area contributed by atoms with Gasteiger partial charge in [-0.2, -0.15) is 0 Å². The number of hydrogen-bond donors (Lipinski definition) is 2. The molecular weight excluding hydrogens is 234 g/mol. The van der Waals surface area contributed by atoms with Crippen LogP contribution in [0.2, 0.25) is 0 Å². The van der Waals surface area contributed by atoms with Crippen molar-refractivity contribution < 1.29 is 14.7 Å². The van der Waals surface area contributed by atoms with Gasteiger partial charge in [0, 0.05) is 13.1 Å². The second-order valence-corrected chi connectivity index (χ2v) is 3.84. The molecule has 6 heteroatoms. The molecule has 1 aromatic heterocycles. The molecule has 2 aromatic rings. The van der Waals surface area contributed by atoms with E-state index in [0.29, 0.717) is 19.5 Å². The summed E-state index contributed by atoms with van der Waals surface area (Å²) in [5.41, 5.74) is 1.95. The van der Waals surface area contributed by atoms with Crippen LogP contribution in [0.3, 0.4) is 0 Å². The lowest BCUT2D eigenvalue weighted by atomic mass is 10.3. The minimum Gasteiger partial charge on any atom is -0.474 e. The van der Waals surface area contributed by atoms with E-state index in [1.54, 1.807) is 6.33 Å². The van der Waals surface area contributed by atoms with Gasteiger partial charge in [-0.05, 0) is 18.6 Å². The Morgan fingerprint density at radius 2 is 2.11 bits per heavy atom. The predicted octanol–water partition coefficient (Wildman–Crippen LogP) is 0.627. The van der Waals surface area contributed by atoms with Crippen molar-refractivity contribution in [2.24, 2.45) is 0 Å². The molecule has 1 heterocycles. The van der Waals surface area contributed by atoms with Crippen molar-refractivity contribution in [2.45, 2.75) is 13.0 Å². The van der Waals surface area contributed by atoms with Crippen molar-refractivity contribution in [2.75, 3.05) is 6.54 Å². The largest absolute Gasteiger partial charge is 0.474 e. The number of carbonyl (C=O) groups excluding carboxylic acids is 1. The summed E-state index contributed by atoms with van der Waals surface area (Å²) in [4.78, 5) is 25.3. The minimum atomic E-state index is -1.46. The predicted molar refractivity (Wildman–Crippen MR) is 65.0 cm³/mol. The van der Waals surface area contributed by atoms with Crippen LogP contribution in [0, 0.1) is 0 Å². The van der Waals surface area contributed by atoms with E-state index >= 15 is 0 Å². The second kappa shape index (κ2) is 5.31. The number of aliphatic carboxylic acids is 1. The van der Waals surface area contributed by atoms with Gasteiger partial charge >= 0.3 is 11.9 Å². The van der Waals surface area contributed by atoms with Crippen LogP contribution in [0.15, 0.2) is 30.6 Å². The molecule has 0 aliphatic rings.